The number of fused-ring (bicyclic) bond motifs is 1. The number of hydrogen-bond donors (Lipinski definition) is 1. The van der Waals surface area contributed by atoms with E-state index in [1.54, 1.807) is 0 Å². The van der Waals surface area contributed by atoms with Crippen LogP contribution in [-0.2, 0) is 4.74 Å². The predicted molar refractivity (Wildman–Crippen MR) is 63.5 cm³/mol. The van der Waals surface area contributed by atoms with Crippen molar-refractivity contribution in [1.29, 1.82) is 0 Å². The van der Waals surface area contributed by atoms with Gasteiger partial charge in [0, 0.05) is 24.3 Å². The van der Waals surface area contributed by atoms with Gasteiger partial charge >= 0.3 is 0 Å². The van der Waals surface area contributed by atoms with E-state index in [-0.39, 0.29) is 6.10 Å². The van der Waals surface area contributed by atoms with Gasteiger partial charge in [0.25, 0.3) is 0 Å². The Balaban J connectivity index is 1.71. The number of ether oxygens (including phenoxy) is 1. The Morgan fingerprint density at radius 2 is 2.39 bits per heavy atom. The zero-order chi connectivity index (χ0) is 12.5. The fourth-order valence-electron chi connectivity index (χ4n) is 2.84. The Morgan fingerprint density at radius 3 is 3.22 bits per heavy atom. The van der Waals surface area contributed by atoms with Crippen LogP contribution in [0.5, 0.6) is 0 Å². The Bertz CT molecular complexity index is 429. The second-order valence-corrected chi connectivity index (χ2v) is 5.04. The molecule has 0 spiro atoms. The first-order valence-corrected chi connectivity index (χ1v) is 6.38. The quantitative estimate of drug-likeness (QED) is 0.856. The van der Waals surface area contributed by atoms with Crippen LogP contribution in [0.1, 0.15) is 24.5 Å². The van der Waals surface area contributed by atoms with Crippen LogP contribution < -0.4 is 0 Å². The van der Waals surface area contributed by atoms with Crippen LogP contribution in [0.15, 0.2) is 18.5 Å². The third kappa shape index (κ3) is 2.25. The number of nitrogens with zero attached hydrogens (tertiary/aromatic N) is 2. The second kappa shape index (κ2) is 4.91. The lowest BCUT2D eigenvalue weighted by atomic mass is 10.0. The summed E-state index contributed by atoms with van der Waals surface area (Å²) in [4.78, 5) is 6.11. The highest BCUT2D eigenvalue weighted by Gasteiger charge is 2.35. The van der Waals surface area contributed by atoms with E-state index in [9.17, 15) is 9.50 Å². The van der Waals surface area contributed by atoms with Crippen molar-refractivity contribution in [2.75, 3.05) is 19.7 Å². The smallest absolute Gasteiger partial charge is 0.141 e. The van der Waals surface area contributed by atoms with Crippen molar-refractivity contribution in [1.82, 2.24) is 9.88 Å². The van der Waals surface area contributed by atoms with E-state index in [0.29, 0.717) is 24.8 Å². The topological polar surface area (TPSA) is 45.6 Å². The molecule has 1 N–H and O–H groups in total. The number of pyridine rings is 1. The number of hydrogen-bond acceptors (Lipinski definition) is 4. The third-order valence-corrected chi connectivity index (χ3v) is 3.84. The number of halogens is 1. The van der Waals surface area contributed by atoms with E-state index in [4.69, 9.17) is 4.74 Å². The van der Waals surface area contributed by atoms with Crippen LogP contribution in [0.4, 0.5) is 4.39 Å². The molecule has 0 bridgehead atoms. The monoisotopic (exact) mass is 252 g/mol. The normalized spacial score (nSPS) is 30.1. The van der Waals surface area contributed by atoms with E-state index in [1.165, 1.54) is 25.1 Å². The molecule has 0 amide bonds. The lowest BCUT2D eigenvalue weighted by Crippen LogP contribution is -2.48. The minimum atomic E-state index is -0.810. The molecule has 0 saturated carbocycles. The third-order valence-electron chi connectivity index (χ3n) is 3.84. The van der Waals surface area contributed by atoms with Gasteiger partial charge in [0.1, 0.15) is 18.0 Å². The summed E-state index contributed by atoms with van der Waals surface area (Å²) in [5, 5.41) is 10.2. The summed E-state index contributed by atoms with van der Waals surface area (Å²) in [6.45, 7) is 2.44. The van der Waals surface area contributed by atoms with Gasteiger partial charge in [-0.2, -0.15) is 0 Å². The summed E-state index contributed by atoms with van der Waals surface area (Å²) < 4.78 is 18.8. The molecule has 0 radical (unpaired) electrons. The van der Waals surface area contributed by atoms with Crippen LogP contribution in [0, 0.1) is 5.82 Å². The maximum Gasteiger partial charge on any atom is 0.141 e. The van der Waals surface area contributed by atoms with Crippen molar-refractivity contribution < 1.29 is 14.2 Å². The van der Waals surface area contributed by atoms with Crippen LogP contribution >= 0.6 is 0 Å². The predicted octanol–water partition coefficient (Wildman–Crippen LogP) is 1.12. The van der Waals surface area contributed by atoms with E-state index < -0.39 is 11.9 Å². The number of aliphatic hydroxyl groups is 1. The fraction of sp³-hybridized carbons (Fsp3) is 0.615. The summed E-state index contributed by atoms with van der Waals surface area (Å²) in [5.74, 6) is -0.429. The molecule has 2 aliphatic rings. The summed E-state index contributed by atoms with van der Waals surface area (Å²) >= 11 is 0. The molecule has 0 aliphatic carbocycles. The largest absolute Gasteiger partial charge is 0.386 e. The van der Waals surface area contributed by atoms with Gasteiger partial charge in [-0.25, -0.2) is 4.39 Å². The van der Waals surface area contributed by atoms with Crippen molar-refractivity contribution in [2.45, 2.75) is 31.1 Å². The highest BCUT2D eigenvalue weighted by Crippen LogP contribution is 2.28. The first-order chi connectivity index (χ1) is 8.74. The van der Waals surface area contributed by atoms with Crippen LogP contribution in [0.25, 0.3) is 0 Å². The van der Waals surface area contributed by atoms with Gasteiger partial charge in [0.05, 0.1) is 12.8 Å². The molecule has 5 heteroatoms. The summed E-state index contributed by atoms with van der Waals surface area (Å²) in [5.41, 5.74) is 0.484. The van der Waals surface area contributed by atoms with Crippen molar-refractivity contribution in [2.24, 2.45) is 0 Å². The van der Waals surface area contributed by atoms with E-state index in [1.807, 2.05) is 0 Å². The highest BCUT2D eigenvalue weighted by molar-refractivity contribution is 5.15. The van der Waals surface area contributed by atoms with Crippen LogP contribution in [-0.4, -0.2) is 46.8 Å². The molecule has 3 atom stereocenters. The van der Waals surface area contributed by atoms with Crippen LogP contribution in [0.3, 0.4) is 0 Å². The standard InChI is InChI=1S/C13H17FN2O2/c14-10-4-9(5-15-6-10)13(17)12-7-16-3-1-2-11(16)8-18-12/h4-6,11-13,17H,1-3,7-8H2. The minimum Gasteiger partial charge on any atom is -0.386 e. The van der Waals surface area contributed by atoms with Gasteiger partial charge in [-0.1, -0.05) is 0 Å². The van der Waals surface area contributed by atoms with Gasteiger partial charge in [-0.05, 0) is 25.5 Å². The first kappa shape index (κ1) is 12.0. The van der Waals surface area contributed by atoms with Crippen molar-refractivity contribution in [3.05, 3.63) is 29.8 Å². The Kier molecular flexibility index (Phi) is 3.28. The molecule has 2 aliphatic heterocycles. The molecule has 3 rings (SSSR count). The average Bonchev–Trinajstić information content (AvgIpc) is 2.85. The summed E-state index contributed by atoms with van der Waals surface area (Å²) in [7, 11) is 0. The lowest BCUT2D eigenvalue weighted by Gasteiger charge is -2.37. The van der Waals surface area contributed by atoms with Crippen LogP contribution in [0.2, 0.25) is 0 Å². The van der Waals surface area contributed by atoms with Gasteiger partial charge in [-0.3, -0.25) is 9.88 Å². The number of aromatic nitrogens is 1. The first-order valence-electron chi connectivity index (χ1n) is 6.38. The molecule has 2 saturated heterocycles. The molecule has 98 valence electrons. The van der Waals surface area contributed by atoms with Gasteiger partial charge in [-0.15, -0.1) is 0 Å². The molecule has 0 aromatic carbocycles. The molecule has 1 aromatic heterocycles. The molecule has 4 nitrogen and oxygen atoms in total. The van der Waals surface area contributed by atoms with Crippen molar-refractivity contribution in [3.8, 4) is 0 Å². The highest BCUT2D eigenvalue weighted by atomic mass is 19.1. The Labute approximate surface area is 105 Å². The van der Waals surface area contributed by atoms with Gasteiger partial charge in [0.2, 0.25) is 0 Å². The maximum absolute atomic E-state index is 13.1. The van der Waals surface area contributed by atoms with Crippen molar-refractivity contribution in [3.63, 3.8) is 0 Å². The van der Waals surface area contributed by atoms with Gasteiger partial charge < -0.3 is 9.84 Å². The lowest BCUT2D eigenvalue weighted by molar-refractivity contribution is -0.103. The molecular weight excluding hydrogens is 235 g/mol. The zero-order valence-electron chi connectivity index (χ0n) is 10.1. The number of aliphatic hydroxyl groups excluding tert-OH is 1. The molecule has 1 aromatic rings. The minimum absolute atomic E-state index is 0.289. The number of morpholine rings is 1. The second-order valence-electron chi connectivity index (χ2n) is 5.04. The Hall–Kier alpha value is -1.04. The number of rotatable bonds is 2. The van der Waals surface area contributed by atoms with Gasteiger partial charge in [0.15, 0.2) is 0 Å². The molecule has 18 heavy (non-hydrogen) atoms. The average molecular weight is 252 g/mol. The molecule has 2 fully saturated rings. The molecular formula is C13H17FN2O2. The van der Waals surface area contributed by atoms with E-state index in [0.717, 1.165) is 12.7 Å². The molecule has 3 unspecified atom stereocenters. The molecule has 3 heterocycles. The summed E-state index contributed by atoms with van der Waals surface area (Å²) in [6.07, 6.45) is 3.89. The van der Waals surface area contributed by atoms with Crippen molar-refractivity contribution >= 4 is 0 Å². The SMILES string of the molecule is OC(c1cncc(F)c1)C1CN2CCCC2CO1. The maximum atomic E-state index is 13.1. The summed E-state index contributed by atoms with van der Waals surface area (Å²) in [6, 6.07) is 1.82. The van der Waals surface area contributed by atoms with E-state index in [2.05, 4.69) is 9.88 Å². The fourth-order valence-corrected chi connectivity index (χ4v) is 2.84. The van der Waals surface area contributed by atoms with E-state index >= 15 is 0 Å². The Morgan fingerprint density at radius 1 is 1.50 bits per heavy atom. The zero-order valence-corrected chi connectivity index (χ0v) is 10.1.